The summed E-state index contributed by atoms with van der Waals surface area (Å²) in [6.07, 6.45) is 16.2. The van der Waals surface area contributed by atoms with Gasteiger partial charge in [-0.1, -0.05) is 25.3 Å². The molecule has 1 aliphatic rings. The molecule has 8 bridgehead atoms. The molecule has 0 saturated heterocycles. The Morgan fingerprint density at radius 3 is 1.59 bits per heavy atom. The molecule has 56 heavy (non-hydrogen) atoms. The topological polar surface area (TPSA) is 121 Å². The summed E-state index contributed by atoms with van der Waals surface area (Å²) in [6, 6.07) is 0. The van der Waals surface area contributed by atoms with Crippen molar-refractivity contribution in [2.45, 2.75) is 66.2 Å². The van der Waals surface area contributed by atoms with Gasteiger partial charge in [-0.15, -0.1) is 0 Å². The number of H-pyrrole nitrogens is 4. The number of amides is 2. The maximum atomic E-state index is 13.1. The zero-order valence-electron chi connectivity index (χ0n) is 35.7. The lowest BCUT2D eigenvalue weighted by atomic mass is 10.0. The van der Waals surface area contributed by atoms with Crippen LogP contribution in [-0.2, 0) is 22.4 Å². The highest BCUT2D eigenvalue weighted by Crippen LogP contribution is 2.24. The van der Waals surface area contributed by atoms with Crippen LogP contribution in [0.2, 0.25) is 0 Å². The number of aromatic amines is 4. The van der Waals surface area contributed by atoms with Crippen LogP contribution in [0.15, 0.2) is 13.2 Å². The molecule has 0 atom stereocenters. The molecule has 300 valence electrons. The summed E-state index contributed by atoms with van der Waals surface area (Å²) in [4.78, 5) is 41.1. The molecule has 0 aromatic carbocycles. The fourth-order valence-electron chi connectivity index (χ4n) is 7.68. The molecule has 5 rings (SSSR count). The molecule has 2 amide bonds. The lowest BCUT2D eigenvalue weighted by Crippen LogP contribution is -2.37. The summed E-state index contributed by atoms with van der Waals surface area (Å²) >= 11 is 0. The third kappa shape index (κ3) is 10.2. The van der Waals surface area contributed by atoms with E-state index in [4.69, 9.17) is 0 Å². The summed E-state index contributed by atoms with van der Waals surface area (Å²) < 4.78 is 1.74. The van der Waals surface area contributed by atoms with E-state index in [1.807, 2.05) is 12.2 Å². The summed E-state index contributed by atoms with van der Waals surface area (Å²) in [6.45, 7) is 20.1. The first-order chi connectivity index (χ1) is 26.4. The molecular weight excluding hydrogens is 697 g/mol. The van der Waals surface area contributed by atoms with Crippen molar-refractivity contribution in [1.29, 1.82) is 0 Å². The SMILES string of the molecule is C=Cc1c2[nH]c(c1C)C=c1[nH]c(c(CCC(=O)NCCC[N+](C)(C)C)c1C)=Cc1[nH]c(c(C)c1CCC(=O)NCCC[N+](C)(C)C)C=c1[nH]c(c(C)c1C=C)=C2. The van der Waals surface area contributed by atoms with E-state index in [2.05, 4.69) is 138 Å². The Bertz CT molecular complexity index is 2360. The molecule has 1 aliphatic heterocycles. The van der Waals surface area contributed by atoms with Gasteiger partial charge >= 0.3 is 0 Å². The molecule has 0 spiro atoms. The maximum absolute atomic E-state index is 13.1. The van der Waals surface area contributed by atoms with Gasteiger partial charge in [-0.25, -0.2) is 0 Å². The van der Waals surface area contributed by atoms with Gasteiger partial charge in [-0.05, 0) is 98.2 Å². The van der Waals surface area contributed by atoms with Gasteiger partial charge in [0.15, 0.2) is 0 Å². The molecule has 6 N–H and O–H groups in total. The first-order valence-electron chi connectivity index (χ1n) is 20.0. The van der Waals surface area contributed by atoms with E-state index in [0.717, 1.165) is 124 Å². The second-order valence-electron chi connectivity index (χ2n) is 17.5. The molecule has 10 heteroatoms. The summed E-state index contributed by atoms with van der Waals surface area (Å²) in [5.41, 5.74) is 12.5. The Balaban J connectivity index is 1.63. The second kappa shape index (κ2) is 17.4. The van der Waals surface area contributed by atoms with Gasteiger partial charge in [0, 0.05) is 94.1 Å². The van der Waals surface area contributed by atoms with Crippen molar-refractivity contribution in [3.63, 3.8) is 0 Å². The first kappa shape index (κ1) is 42.1. The van der Waals surface area contributed by atoms with Crippen LogP contribution in [0.1, 0.15) is 93.0 Å². The van der Waals surface area contributed by atoms with Crippen LogP contribution in [0, 0.1) is 27.7 Å². The molecule has 10 nitrogen and oxygen atoms in total. The maximum Gasteiger partial charge on any atom is 0.220 e. The lowest BCUT2D eigenvalue weighted by Gasteiger charge is -2.23. The average Bonchev–Trinajstić information content (AvgIpc) is 3.78. The predicted octanol–water partition coefficient (Wildman–Crippen LogP) is 3.44. The number of quaternary nitrogens is 2. The zero-order chi connectivity index (χ0) is 40.9. The number of carbonyl (C=O) groups excluding carboxylic acids is 2. The number of hydrogen-bond acceptors (Lipinski definition) is 2. The fraction of sp³-hybridized carbons (Fsp3) is 0.435. The first-order valence-corrected chi connectivity index (χ1v) is 20.0. The van der Waals surface area contributed by atoms with Crippen molar-refractivity contribution < 1.29 is 18.6 Å². The molecule has 0 aliphatic carbocycles. The summed E-state index contributed by atoms with van der Waals surface area (Å²) in [5, 5.41) is 10.2. The van der Waals surface area contributed by atoms with Crippen molar-refractivity contribution in [2.75, 3.05) is 68.5 Å². The van der Waals surface area contributed by atoms with Gasteiger partial charge in [0.2, 0.25) is 11.8 Å². The third-order valence-electron chi connectivity index (χ3n) is 11.1. The number of fused-ring (bicyclic) bond motifs is 8. The number of nitrogens with zero attached hydrogens (tertiary/aromatic N) is 2. The minimum Gasteiger partial charge on any atom is -0.356 e. The van der Waals surface area contributed by atoms with E-state index in [-0.39, 0.29) is 11.8 Å². The van der Waals surface area contributed by atoms with Crippen molar-refractivity contribution in [2.24, 2.45) is 0 Å². The van der Waals surface area contributed by atoms with Gasteiger partial charge in [-0.2, -0.15) is 0 Å². The Hall–Kier alpha value is -5.06. The second-order valence-corrected chi connectivity index (χ2v) is 17.5. The highest BCUT2D eigenvalue weighted by atomic mass is 16.2. The highest BCUT2D eigenvalue weighted by molar-refractivity contribution is 5.77. The van der Waals surface area contributed by atoms with Crippen LogP contribution in [0.3, 0.4) is 0 Å². The van der Waals surface area contributed by atoms with E-state index < -0.39 is 0 Å². The van der Waals surface area contributed by atoms with Crippen LogP contribution in [-0.4, -0.2) is 109 Å². The monoisotopic (exact) mass is 763 g/mol. The smallest absolute Gasteiger partial charge is 0.220 e. The molecule has 5 heterocycles. The van der Waals surface area contributed by atoms with Crippen LogP contribution in [0.25, 0.3) is 36.5 Å². The quantitative estimate of drug-likeness (QED) is 0.0683. The minimum absolute atomic E-state index is 0.0520. The third-order valence-corrected chi connectivity index (χ3v) is 11.1. The van der Waals surface area contributed by atoms with Gasteiger partial charge in [-0.3, -0.25) is 9.59 Å². The number of hydrogen-bond donors (Lipinski definition) is 6. The number of rotatable bonds is 16. The Kier molecular flexibility index (Phi) is 13.1. The molecule has 0 unspecified atom stereocenters. The van der Waals surface area contributed by atoms with E-state index >= 15 is 0 Å². The van der Waals surface area contributed by atoms with E-state index in [1.165, 1.54) is 0 Å². The number of carbonyl (C=O) groups is 2. The average molecular weight is 763 g/mol. The van der Waals surface area contributed by atoms with Gasteiger partial charge < -0.3 is 39.5 Å². The summed E-state index contributed by atoms with van der Waals surface area (Å²) in [5.74, 6) is 0.105. The normalized spacial score (nSPS) is 12.6. The molecule has 0 saturated carbocycles. The largest absolute Gasteiger partial charge is 0.356 e. The molecule has 4 aromatic rings. The van der Waals surface area contributed by atoms with Crippen molar-refractivity contribution in [3.8, 4) is 0 Å². The molecule has 0 radical (unpaired) electrons. The van der Waals surface area contributed by atoms with Gasteiger partial charge in [0.05, 0.1) is 55.4 Å². The lowest BCUT2D eigenvalue weighted by molar-refractivity contribution is -0.870. The van der Waals surface area contributed by atoms with Crippen molar-refractivity contribution in [1.82, 2.24) is 30.6 Å². The molecular formula is C46H66N8O2+2. The summed E-state index contributed by atoms with van der Waals surface area (Å²) in [7, 11) is 13.0. The zero-order valence-corrected chi connectivity index (χ0v) is 35.7. The van der Waals surface area contributed by atoms with E-state index in [1.54, 1.807) is 0 Å². The van der Waals surface area contributed by atoms with Crippen molar-refractivity contribution >= 4 is 48.3 Å². The predicted molar refractivity (Wildman–Crippen MR) is 233 cm³/mol. The van der Waals surface area contributed by atoms with Gasteiger partial charge in [0.25, 0.3) is 0 Å². The standard InChI is InChI=1S/C46H64N8O2/c1-13-33-29(3)37-25-38-31(5)35(17-19-45(55)47-21-15-23-53(7,8)9)43(51-38)28-44-36(18-20-46(56)48-22-16-24-54(10,11)12)32(6)40(52-44)27-42-34(14-2)30(4)39(50-42)26-41(33)49-37/h13-14,25-28,49-52H,1-2,15-24H2,3-12H3/p+2. The van der Waals surface area contributed by atoms with Gasteiger partial charge in [0.1, 0.15) is 0 Å². The van der Waals surface area contributed by atoms with Crippen LogP contribution in [0.5, 0.6) is 0 Å². The number of aromatic nitrogens is 4. The van der Waals surface area contributed by atoms with E-state index in [9.17, 15) is 9.59 Å². The Labute approximate surface area is 333 Å². The number of nitrogens with one attached hydrogen (secondary N) is 6. The van der Waals surface area contributed by atoms with Crippen LogP contribution >= 0.6 is 0 Å². The highest BCUT2D eigenvalue weighted by Gasteiger charge is 2.18. The molecule has 4 aromatic heterocycles. The Morgan fingerprint density at radius 1 is 0.554 bits per heavy atom. The fourth-order valence-corrected chi connectivity index (χ4v) is 7.68. The van der Waals surface area contributed by atoms with E-state index in [0.29, 0.717) is 38.8 Å². The van der Waals surface area contributed by atoms with Crippen LogP contribution in [0.4, 0.5) is 0 Å². The van der Waals surface area contributed by atoms with Crippen molar-refractivity contribution in [3.05, 3.63) is 102 Å². The van der Waals surface area contributed by atoms with Crippen LogP contribution < -0.4 is 32.0 Å². The minimum atomic E-state index is 0.0520. The molecule has 0 fully saturated rings. The Morgan fingerprint density at radius 2 is 1.02 bits per heavy atom.